The van der Waals surface area contributed by atoms with Crippen molar-refractivity contribution in [1.82, 2.24) is 24.8 Å². The molecule has 0 aliphatic carbocycles. The van der Waals surface area contributed by atoms with Gasteiger partial charge in [0.1, 0.15) is 0 Å². The Labute approximate surface area is 283 Å². The molecule has 0 saturated heterocycles. The van der Waals surface area contributed by atoms with Crippen molar-refractivity contribution in [2.45, 2.75) is 86.6 Å². The Kier molecular flexibility index (Phi) is 10.4. The molecule has 9 nitrogen and oxygen atoms in total. The van der Waals surface area contributed by atoms with E-state index >= 15 is 0 Å². The summed E-state index contributed by atoms with van der Waals surface area (Å²) in [6.07, 6.45) is 3.23. The zero-order valence-corrected chi connectivity index (χ0v) is 30.2. The summed E-state index contributed by atoms with van der Waals surface area (Å²) >= 11 is 0. The summed E-state index contributed by atoms with van der Waals surface area (Å²) in [6.45, 7) is 13.5. The van der Waals surface area contributed by atoms with Gasteiger partial charge in [-0.1, -0.05) is 13.8 Å². The van der Waals surface area contributed by atoms with Gasteiger partial charge in [0.2, 0.25) is 0 Å². The van der Waals surface area contributed by atoms with Crippen LogP contribution in [0.3, 0.4) is 0 Å². The van der Waals surface area contributed by atoms with Crippen molar-refractivity contribution in [3.63, 3.8) is 0 Å². The lowest BCUT2D eigenvalue weighted by Crippen LogP contribution is -2.14. The third-order valence-electron chi connectivity index (χ3n) is 9.82. The lowest BCUT2D eigenvalue weighted by atomic mass is 9.96. The highest BCUT2D eigenvalue weighted by Crippen LogP contribution is 2.40. The van der Waals surface area contributed by atoms with Crippen LogP contribution in [0.2, 0.25) is 0 Å². The molecule has 8 bridgehead atoms. The van der Waals surface area contributed by atoms with Gasteiger partial charge < -0.3 is 24.3 Å². The van der Waals surface area contributed by atoms with Crippen LogP contribution in [-0.4, -0.2) is 65.1 Å². The normalized spacial score (nSPS) is 13.1. The number of H-pyrrole nitrogens is 2. The number of carbonyl (C=O) groups excluding carboxylic acids is 2. The van der Waals surface area contributed by atoms with Crippen LogP contribution in [0.15, 0.2) is 18.2 Å². The average Bonchev–Trinajstić information content (AvgIpc) is 3.73. The molecule has 254 valence electrons. The number of rotatable bonds is 10. The van der Waals surface area contributed by atoms with E-state index in [2.05, 4.69) is 88.7 Å². The molecule has 0 fully saturated rings. The van der Waals surface area contributed by atoms with Crippen LogP contribution in [0.5, 0.6) is 0 Å². The molecule has 48 heavy (non-hydrogen) atoms. The number of hydrogen-bond donors (Lipinski definition) is 2. The molecular formula is C39H49N5O4. The quantitative estimate of drug-likeness (QED) is 0.214. The van der Waals surface area contributed by atoms with Crippen molar-refractivity contribution in [1.29, 1.82) is 0 Å². The van der Waals surface area contributed by atoms with E-state index in [1.165, 1.54) is 30.9 Å². The number of nitrogens with zero attached hydrogens (tertiary/aromatic N) is 3. The molecule has 2 N–H and O–H groups in total. The fourth-order valence-electron chi connectivity index (χ4n) is 7.13. The van der Waals surface area contributed by atoms with Crippen LogP contribution < -0.4 is 0 Å². The van der Waals surface area contributed by atoms with Gasteiger partial charge in [0.15, 0.2) is 0 Å². The Bertz CT molecular complexity index is 2010. The standard InChI is InChI=1S/C39H49N5O4/c1-11-25-21(3)30-18-33-26(12-2)23(5)38(42-33)29(20-44(7)8)39-24(6)28(14-16-37(46)48-10)35(43-39)19-34-27(13-15-36(45)47-9)22(4)31(41-34)17-32(25)40-30/h17-19,40-41H,11-16,20H2,1-10H3. The third-order valence-corrected chi connectivity index (χ3v) is 9.82. The number of allylic oxidation sites excluding steroid dienone is 4. The van der Waals surface area contributed by atoms with Crippen LogP contribution in [0.25, 0.3) is 44.4 Å². The Morgan fingerprint density at radius 3 is 1.73 bits per heavy atom. The second kappa shape index (κ2) is 14.3. The first-order valence-corrected chi connectivity index (χ1v) is 16.9. The van der Waals surface area contributed by atoms with Crippen LogP contribution >= 0.6 is 0 Å². The minimum absolute atomic E-state index is 0.241. The van der Waals surface area contributed by atoms with Gasteiger partial charge in [-0.15, -0.1) is 0 Å². The van der Waals surface area contributed by atoms with Gasteiger partial charge in [-0.05, 0) is 130 Å². The van der Waals surface area contributed by atoms with Gasteiger partial charge >= 0.3 is 11.9 Å². The lowest BCUT2D eigenvalue weighted by molar-refractivity contribution is -0.141. The van der Waals surface area contributed by atoms with Gasteiger partial charge in [0, 0.05) is 47.0 Å². The summed E-state index contributed by atoms with van der Waals surface area (Å²) in [6, 6.07) is 6.45. The summed E-state index contributed by atoms with van der Waals surface area (Å²) < 4.78 is 10.0. The van der Waals surface area contributed by atoms with Crippen LogP contribution in [-0.2, 0) is 38.4 Å². The molecule has 0 radical (unpaired) electrons. The lowest BCUT2D eigenvalue weighted by Gasteiger charge is -2.14. The van der Waals surface area contributed by atoms with Crippen molar-refractivity contribution >= 4 is 56.3 Å². The Morgan fingerprint density at radius 2 is 1.17 bits per heavy atom. The van der Waals surface area contributed by atoms with Crippen LogP contribution in [0.1, 0.15) is 104 Å². The largest absolute Gasteiger partial charge is 0.469 e. The monoisotopic (exact) mass is 651 g/mol. The highest BCUT2D eigenvalue weighted by atomic mass is 16.5. The van der Waals surface area contributed by atoms with E-state index in [-0.39, 0.29) is 24.8 Å². The molecule has 2 aliphatic rings. The number of aryl methyl sites for hydroxylation is 4. The molecule has 0 amide bonds. The van der Waals surface area contributed by atoms with Gasteiger partial charge in [-0.3, -0.25) is 9.59 Å². The molecule has 5 rings (SSSR count). The molecule has 0 atom stereocenters. The van der Waals surface area contributed by atoms with Crippen molar-refractivity contribution < 1.29 is 19.1 Å². The van der Waals surface area contributed by atoms with E-state index in [9.17, 15) is 9.59 Å². The number of ether oxygens (including phenoxy) is 2. The van der Waals surface area contributed by atoms with Crippen LogP contribution in [0.4, 0.5) is 0 Å². The number of aromatic nitrogens is 4. The minimum Gasteiger partial charge on any atom is -0.469 e. The molecular weight excluding hydrogens is 602 g/mol. The highest BCUT2D eigenvalue weighted by molar-refractivity contribution is 5.97. The Morgan fingerprint density at radius 1 is 0.667 bits per heavy atom. The predicted molar refractivity (Wildman–Crippen MR) is 194 cm³/mol. The first-order chi connectivity index (χ1) is 22.9. The maximum atomic E-state index is 12.4. The van der Waals surface area contributed by atoms with E-state index in [1.54, 1.807) is 0 Å². The number of fused-ring (bicyclic) bond motifs is 8. The Hall–Kier alpha value is -4.50. The second-order valence-corrected chi connectivity index (χ2v) is 13.0. The predicted octanol–water partition coefficient (Wildman–Crippen LogP) is 7.89. The first-order valence-electron chi connectivity index (χ1n) is 16.9. The summed E-state index contributed by atoms with van der Waals surface area (Å²) in [5.41, 5.74) is 17.6. The number of methoxy groups -OCH3 is 2. The maximum absolute atomic E-state index is 12.4. The molecule has 0 aromatic carbocycles. The van der Waals surface area contributed by atoms with Gasteiger partial charge in [-0.25, -0.2) is 9.97 Å². The van der Waals surface area contributed by atoms with E-state index in [4.69, 9.17) is 19.4 Å². The van der Waals surface area contributed by atoms with E-state index < -0.39 is 0 Å². The SMILES string of the molecule is CCC1=C(C)c2nc1cc1[nH]c(cc3[nH]c(cc4nc(c2CN(C)C)C(C)=C4CCC(=O)OC)c(CCC(=O)OC)c3C)c(CC)c1C. The highest BCUT2D eigenvalue weighted by Gasteiger charge is 2.26. The van der Waals surface area contributed by atoms with Crippen molar-refractivity contribution in [2.75, 3.05) is 28.3 Å². The summed E-state index contributed by atoms with van der Waals surface area (Å²) in [5, 5.41) is 0. The molecule has 2 aliphatic heterocycles. The summed E-state index contributed by atoms with van der Waals surface area (Å²) in [4.78, 5) is 44.9. The van der Waals surface area contributed by atoms with E-state index in [1.807, 2.05) is 0 Å². The number of esters is 2. The molecule has 3 aromatic rings. The van der Waals surface area contributed by atoms with Crippen LogP contribution in [0, 0.1) is 13.8 Å². The summed E-state index contributed by atoms with van der Waals surface area (Å²) in [5.74, 6) is -0.521. The van der Waals surface area contributed by atoms with Crippen molar-refractivity contribution in [2.24, 2.45) is 0 Å². The van der Waals surface area contributed by atoms with Crippen molar-refractivity contribution in [3.05, 3.63) is 68.8 Å². The molecule has 3 aromatic heterocycles. The topological polar surface area (TPSA) is 113 Å². The summed E-state index contributed by atoms with van der Waals surface area (Å²) in [7, 11) is 6.96. The molecule has 9 heteroatoms. The first kappa shape index (κ1) is 34.8. The maximum Gasteiger partial charge on any atom is 0.305 e. The number of hydrogen-bond acceptors (Lipinski definition) is 7. The second-order valence-electron chi connectivity index (χ2n) is 13.0. The van der Waals surface area contributed by atoms with Gasteiger partial charge in [0.05, 0.1) is 37.0 Å². The van der Waals surface area contributed by atoms with Gasteiger partial charge in [-0.2, -0.15) is 0 Å². The fraction of sp³-hybridized carbons (Fsp3) is 0.436. The van der Waals surface area contributed by atoms with E-state index in [0.717, 1.165) is 91.1 Å². The number of carbonyl (C=O) groups is 2. The van der Waals surface area contributed by atoms with Crippen molar-refractivity contribution in [3.8, 4) is 0 Å². The van der Waals surface area contributed by atoms with E-state index in [0.29, 0.717) is 19.4 Å². The van der Waals surface area contributed by atoms with Gasteiger partial charge in [0.25, 0.3) is 0 Å². The smallest absolute Gasteiger partial charge is 0.305 e. The molecule has 0 spiro atoms. The fourth-order valence-corrected chi connectivity index (χ4v) is 7.13. The average molecular weight is 652 g/mol. The molecule has 0 saturated carbocycles. The zero-order chi connectivity index (χ0) is 34.9. The minimum atomic E-state index is -0.265. The number of nitrogens with one attached hydrogen (secondary N) is 2. The number of aromatic amines is 2. The molecule has 5 heterocycles. The zero-order valence-electron chi connectivity index (χ0n) is 30.2. The Balaban J connectivity index is 1.98. The molecule has 0 unspecified atom stereocenters. The third kappa shape index (κ3) is 6.61.